The van der Waals surface area contributed by atoms with Crippen molar-refractivity contribution in [1.82, 2.24) is 4.98 Å². The predicted molar refractivity (Wildman–Crippen MR) is 121 cm³/mol. The molecule has 0 unspecified atom stereocenters. The molecule has 4 nitrogen and oxygen atoms in total. The minimum Gasteiger partial charge on any atom is -0.391 e. The Bertz CT molecular complexity index is 1040. The Kier molecular flexibility index (Phi) is 7.07. The van der Waals surface area contributed by atoms with Crippen LogP contribution in [0.15, 0.2) is 54.6 Å². The number of halogens is 1. The first kappa shape index (κ1) is 21.6. The van der Waals surface area contributed by atoms with Gasteiger partial charge in [-0.3, -0.25) is 4.98 Å². The fraction of sp³-hybridized carbons (Fsp3) is 0.346. The van der Waals surface area contributed by atoms with Crippen LogP contribution >= 0.6 is 0 Å². The van der Waals surface area contributed by atoms with Crippen molar-refractivity contribution in [2.75, 3.05) is 20.5 Å². The lowest BCUT2D eigenvalue weighted by Gasteiger charge is -2.15. The third-order valence-electron chi connectivity index (χ3n) is 5.52. The topological polar surface area (TPSA) is 51.6 Å². The van der Waals surface area contributed by atoms with Gasteiger partial charge >= 0.3 is 0 Å². The third kappa shape index (κ3) is 5.37. The summed E-state index contributed by atoms with van der Waals surface area (Å²) < 4.78 is 23.7. The summed E-state index contributed by atoms with van der Waals surface area (Å²) in [4.78, 5) is 5.00. The number of rotatable bonds is 10. The van der Waals surface area contributed by atoms with Crippen molar-refractivity contribution < 1.29 is 19.0 Å². The number of aliphatic hydroxyl groups excluding tert-OH is 1. The number of methoxy groups -OCH3 is 1. The van der Waals surface area contributed by atoms with Gasteiger partial charge in [0.1, 0.15) is 12.6 Å². The first-order valence-electron chi connectivity index (χ1n) is 10.8. The van der Waals surface area contributed by atoms with Gasteiger partial charge in [0.2, 0.25) is 0 Å². The zero-order chi connectivity index (χ0) is 21.6. The van der Waals surface area contributed by atoms with E-state index in [0.29, 0.717) is 12.3 Å². The van der Waals surface area contributed by atoms with Gasteiger partial charge in [-0.25, -0.2) is 4.39 Å². The van der Waals surface area contributed by atoms with E-state index in [9.17, 15) is 9.50 Å². The maximum atomic E-state index is 13.6. The number of ether oxygens (including phenoxy) is 2. The number of nitrogens with zero attached hydrogens (tertiary/aromatic N) is 1. The quantitative estimate of drug-likeness (QED) is 0.337. The minimum absolute atomic E-state index is 0.182. The minimum atomic E-state index is -0.533. The van der Waals surface area contributed by atoms with E-state index < -0.39 is 6.10 Å². The highest BCUT2D eigenvalue weighted by Gasteiger charge is 2.29. The number of allylic oxidation sites excluding steroid dienone is 1. The van der Waals surface area contributed by atoms with Crippen molar-refractivity contribution in [2.45, 2.75) is 37.7 Å². The molecule has 0 saturated heterocycles. The smallest absolute Gasteiger partial charge is 0.146 e. The lowest BCUT2D eigenvalue weighted by molar-refractivity contribution is -0.0624. The average Bonchev–Trinajstić information content (AvgIpc) is 3.62. The molecule has 1 N–H and O–H groups in total. The van der Waals surface area contributed by atoms with E-state index in [4.69, 9.17) is 14.5 Å². The standard InChI is InChI=1S/C26H28FNO3/c1-30-17-31-16-21(29)6-2-3-8-23-25(18-12-14-20(27)15-13-18)22-7-4-5-9-24(22)28-26(23)19-10-11-19/h3-5,7-9,12-15,19,21,29H,2,6,10-11,16-17H2,1H3/b8-3+/t21-/m1/s1. The summed E-state index contributed by atoms with van der Waals surface area (Å²) in [5.41, 5.74) is 5.24. The number of fused-ring (bicyclic) bond motifs is 1. The highest BCUT2D eigenvalue weighted by atomic mass is 19.1. The van der Waals surface area contributed by atoms with Crippen LogP contribution in [-0.4, -0.2) is 36.7 Å². The summed E-state index contributed by atoms with van der Waals surface area (Å²) in [6, 6.07) is 14.8. The van der Waals surface area contributed by atoms with Gasteiger partial charge < -0.3 is 14.6 Å². The summed E-state index contributed by atoms with van der Waals surface area (Å²) >= 11 is 0. The molecule has 0 bridgehead atoms. The number of aromatic nitrogens is 1. The predicted octanol–water partition coefficient (Wildman–Crippen LogP) is 5.69. The monoisotopic (exact) mass is 421 g/mol. The van der Waals surface area contributed by atoms with Crippen LogP contribution in [0.5, 0.6) is 0 Å². The molecule has 1 fully saturated rings. The summed E-state index contributed by atoms with van der Waals surface area (Å²) in [5.74, 6) is 0.225. The second kappa shape index (κ2) is 10.1. The van der Waals surface area contributed by atoms with Crippen LogP contribution in [0.2, 0.25) is 0 Å². The van der Waals surface area contributed by atoms with E-state index in [1.165, 1.54) is 12.1 Å². The second-order valence-corrected chi connectivity index (χ2v) is 7.99. The van der Waals surface area contributed by atoms with E-state index in [0.717, 1.165) is 52.5 Å². The van der Waals surface area contributed by atoms with Crippen LogP contribution in [0.25, 0.3) is 28.1 Å². The van der Waals surface area contributed by atoms with Gasteiger partial charge in [0, 0.05) is 29.5 Å². The summed E-state index contributed by atoms with van der Waals surface area (Å²) in [5, 5.41) is 11.1. The van der Waals surface area contributed by atoms with E-state index in [2.05, 4.69) is 18.2 Å². The average molecular weight is 422 g/mol. The third-order valence-corrected chi connectivity index (χ3v) is 5.52. The molecule has 1 aliphatic carbocycles. The Morgan fingerprint density at radius 3 is 2.68 bits per heavy atom. The van der Waals surface area contributed by atoms with Crippen molar-refractivity contribution >= 4 is 17.0 Å². The zero-order valence-electron chi connectivity index (χ0n) is 17.8. The first-order valence-corrected chi connectivity index (χ1v) is 10.8. The molecule has 2 aromatic carbocycles. The van der Waals surface area contributed by atoms with Gasteiger partial charge in [-0.05, 0) is 49.4 Å². The molecule has 1 atom stereocenters. The number of benzene rings is 2. The zero-order valence-corrected chi connectivity index (χ0v) is 17.8. The Morgan fingerprint density at radius 2 is 1.94 bits per heavy atom. The van der Waals surface area contributed by atoms with Crippen molar-refractivity contribution in [2.24, 2.45) is 0 Å². The molecule has 0 radical (unpaired) electrons. The molecule has 4 rings (SSSR count). The molecular formula is C26H28FNO3. The van der Waals surface area contributed by atoms with Gasteiger partial charge in [0.15, 0.2) is 0 Å². The van der Waals surface area contributed by atoms with Crippen molar-refractivity contribution in [3.8, 4) is 11.1 Å². The molecule has 0 spiro atoms. The van der Waals surface area contributed by atoms with Gasteiger partial charge in [-0.15, -0.1) is 0 Å². The lowest BCUT2D eigenvalue weighted by Crippen LogP contribution is -2.15. The summed E-state index contributed by atoms with van der Waals surface area (Å²) in [6.07, 6.45) is 7.28. The summed E-state index contributed by atoms with van der Waals surface area (Å²) in [7, 11) is 1.56. The molecule has 1 saturated carbocycles. The van der Waals surface area contributed by atoms with E-state index in [1.807, 2.05) is 30.3 Å². The van der Waals surface area contributed by atoms with Crippen LogP contribution < -0.4 is 0 Å². The van der Waals surface area contributed by atoms with Gasteiger partial charge in [0.05, 0.1) is 23.9 Å². The Labute approximate surface area is 182 Å². The molecule has 1 aliphatic rings. The molecule has 3 aromatic rings. The number of para-hydroxylation sites is 1. The van der Waals surface area contributed by atoms with Gasteiger partial charge in [-0.1, -0.05) is 42.5 Å². The number of hydrogen-bond donors (Lipinski definition) is 1. The fourth-order valence-corrected chi connectivity index (χ4v) is 3.85. The Balaban J connectivity index is 1.67. The van der Waals surface area contributed by atoms with Gasteiger partial charge in [-0.2, -0.15) is 0 Å². The SMILES string of the molecule is COCOC[C@H](O)CC/C=C/c1c(C2CC2)nc2ccccc2c1-c1ccc(F)cc1. The molecule has 1 aromatic heterocycles. The number of hydrogen-bond acceptors (Lipinski definition) is 4. The van der Waals surface area contributed by atoms with Crippen LogP contribution in [0.4, 0.5) is 4.39 Å². The van der Waals surface area contributed by atoms with E-state index >= 15 is 0 Å². The summed E-state index contributed by atoms with van der Waals surface area (Å²) in [6.45, 7) is 0.439. The van der Waals surface area contributed by atoms with Crippen LogP contribution in [-0.2, 0) is 9.47 Å². The Morgan fingerprint density at radius 1 is 1.16 bits per heavy atom. The molecule has 162 valence electrons. The fourth-order valence-electron chi connectivity index (χ4n) is 3.85. The Hall–Kier alpha value is -2.60. The maximum Gasteiger partial charge on any atom is 0.146 e. The van der Waals surface area contributed by atoms with E-state index in [1.54, 1.807) is 7.11 Å². The normalized spacial score (nSPS) is 15.1. The highest BCUT2D eigenvalue weighted by molar-refractivity contribution is 5.99. The molecule has 5 heteroatoms. The second-order valence-electron chi connectivity index (χ2n) is 7.99. The van der Waals surface area contributed by atoms with Crippen LogP contribution in [0.1, 0.15) is 42.9 Å². The molecular weight excluding hydrogens is 393 g/mol. The van der Waals surface area contributed by atoms with Gasteiger partial charge in [0.25, 0.3) is 0 Å². The number of aliphatic hydroxyl groups is 1. The number of pyridine rings is 1. The highest BCUT2D eigenvalue weighted by Crippen LogP contribution is 2.45. The van der Waals surface area contributed by atoms with E-state index in [-0.39, 0.29) is 19.2 Å². The van der Waals surface area contributed by atoms with Crippen LogP contribution in [0.3, 0.4) is 0 Å². The van der Waals surface area contributed by atoms with Crippen molar-refractivity contribution in [3.05, 3.63) is 71.7 Å². The first-order chi connectivity index (χ1) is 15.2. The molecule has 1 heterocycles. The lowest BCUT2D eigenvalue weighted by atomic mass is 9.92. The van der Waals surface area contributed by atoms with Crippen molar-refractivity contribution in [3.63, 3.8) is 0 Å². The van der Waals surface area contributed by atoms with Crippen molar-refractivity contribution in [1.29, 1.82) is 0 Å². The van der Waals surface area contributed by atoms with Crippen LogP contribution in [0, 0.1) is 5.82 Å². The molecule has 31 heavy (non-hydrogen) atoms. The molecule has 0 amide bonds. The maximum absolute atomic E-state index is 13.6. The largest absolute Gasteiger partial charge is 0.391 e. The molecule has 0 aliphatic heterocycles.